The summed E-state index contributed by atoms with van der Waals surface area (Å²) in [5, 5.41) is 3.44. The number of imidazole rings is 1. The van der Waals surface area contributed by atoms with Gasteiger partial charge in [-0.3, -0.25) is 0 Å². The summed E-state index contributed by atoms with van der Waals surface area (Å²) in [6, 6.07) is 6.82. The number of nitrogens with zero attached hydrogens (tertiary/aromatic N) is 2. The van der Waals surface area contributed by atoms with E-state index < -0.39 is 0 Å². The van der Waals surface area contributed by atoms with Crippen LogP contribution in [0.25, 0.3) is 11.0 Å². The Morgan fingerprint density at radius 2 is 2.17 bits per heavy atom. The van der Waals surface area contributed by atoms with Crippen molar-refractivity contribution in [1.82, 2.24) is 14.9 Å². The van der Waals surface area contributed by atoms with Crippen LogP contribution in [0.4, 0.5) is 0 Å². The Kier molecular flexibility index (Phi) is 4.40. The van der Waals surface area contributed by atoms with Crippen LogP contribution in [0.2, 0.25) is 0 Å². The van der Waals surface area contributed by atoms with Crippen molar-refractivity contribution in [3.8, 4) is 0 Å². The number of fused-ring (bicyclic) bond motifs is 1. The van der Waals surface area contributed by atoms with Crippen molar-refractivity contribution < 1.29 is 0 Å². The molecule has 0 aliphatic rings. The summed E-state index contributed by atoms with van der Waals surface area (Å²) in [5.41, 5.74) is 2.30. The quantitative estimate of drug-likeness (QED) is 0.918. The van der Waals surface area contributed by atoms with Crippen LogP contribution in [0.3, 0.4) is 0 Å². The predicted octanol–water partition coefficient (Wildman–Crippen LogP) is 3.36. The van der Waals surface area contributed by atoms with Crippen LogP contribution in [0.5, 0.6) is 0 Å². The summed E-state index contributed by atoms with van der Waals surface area (Å²) >= 11 is 3.50. The van der Waals surface area contributed by atoms with Gasteiger partial charge in [0.1, 0.15) is 5.82 Å². The lowest BCUT2D eigenvalue weighted by molar-refractivity contribution is 0.573. The summed E-state index contributed by atoms with van der Waals surface area (Å²) in [6.07, 6.45) is 0.971. The molecule has 0 radical (unpaired) electrons. The Labute approximate surface area is 117 Å². The Hall–Kier alpha value is -0.870. The van der Waals surface area contributed by atoms with Gasteiger partial charge in [0.15, 0.2) is 0 Å². The van der Waals surface area contributed by atoms with Crippen molar-refractivity contribution in [3.05, 3.63) is 28.5 Å². The molecular weight excluding hydrogens is 290 g/mol. The van der Waals surface area contributed by atoms with E-state index in [1.165, 1.54) is 11.3 Å². The third-order valence-electron chi connectivity index (χ3n) is 3.01. The highest BCUT2D eigenvalue weighted by Crippen LogP contribution is 2.21. The standard InChI is InChI=1S/C14H20BrN3/c1-4-18-13-6-5-11(15)9-12(13)17-14(18)7-8-16-10(2)3/h5-6,9-10,16H,4,7-8H2,1-3H3. The van der Waals surface area contributed by atoms with Crippen LogP contribution in [0, 0.1) is 0 Å². The highest BCUT2D eigenvalue weighted by atomic mass is 79.9. The predicted molar refractivity (Wildman–Crippen MR) is 79.9 cm³/mol. The van der Waals surface area contributed by atoms with Crippen molar-refractivity contribution in [2.24, 2.45) is 0 Å². The summed E-state index contributed by atoms with van der Waals surface area (Å²) in [5.74, 6) is 1.17. The Balaban J connectivity index is 2.26. The number of rotatable bonds is 5. The van der Waals surface area contributed by atoms with E-state index in [-0.39, 0.29) is 0 Å². The molecule has 0 bridgehead atoms. The second kappa shape index (κ2) is 5.85. The Morgan fingerprint density at radius 3 is 2.83 bits per heavy atom. The molecule has 1 aromatic heterocycles. The maximum Gasteiger partial charge on any atom is 0.111 e. The highest BCUT2D eigenvalue weighted by molar-refractivity contribution is 9.10. The first-order valence-corrected chi connectivity index (χ1v) is 7.29. The number of halogens is 1. The normalized spacial score (nSPS) is 11.6. The van der Waals surface area contributed by atoms with Crippen molar-refractivity contribution >= 4 is 27.0 Å². The molecule has 0 aliphatic carbocycles. The third-order valence-corrected chi connectivity index (χ3v) is 3.50. The fourth-order valence-electron chi connectivity index (χ4n) is 2.17. The fourth-order valence-corrected chi connectivity index (χ4v) is 2.52. The molecule has 1 heterocycles. The van der Waals surface area contributed by atoms with E-state index in [4.69, 9.17) is 4.98 Å². The van der Waals surface area contributed by atoms with Crippen LogP contribution >= 0.6 is 15.9 Å². The molecule has 0 unspecified atom stereocenters. The van der Waals surface area contributed by atoms with Crippen molar-refractivity contribution in [2.75, 3.05) is 6.54 Å². The minimum absolute atomic E-state index is 0.526. The molecule has 1 N–H and O–H groups in total. The van der Waals surface area contributed by atoms with Crippen LogP contribution in [-0.4, -0.2) is 22.1 Å². The number of hydrogen-bond donors (Lipinski definition) is 1. The molecule has 0 saturated heterocycles. The van der Waals surface area contributed by atoms with Crippen LogP contribution in [0.1, 0.15) is 26.6 Å². The summed E-state index contributed by atoms with van der Waals surface area (Å²) in [6.45, 7) is 8.44. The molecule has 18 heavy (non-hydrogen) atoms. The second-order valence-corrected chi connectivity index (χ2v) is 5.68. The van der Waals surface area contributed by atoms with Gasteiger partial charge in [-0.1, -0.05) is 29.8 Å². The lowest BCUT2D eigenvalue weighted by Crippen LogP contribution is -2.25. The Bertz CT molecular complexity index is 531. The van der Waals surface area contributed by atoms with Gasteiger partial charge in [-0.2, -0.15) is 0 Å². The lowest BCUT2D eigenvalue weighted by atomic mass is 10.3. The minimum atomic E-state index is 0.526. The molecule has 1 aromatic carbocycles. The molecule has 0 aliphatic heterocycles. The number of aryl methyl sites for hydroxylation is 1. The summed E-state index contributed by atoms with van der Waals surface area (Å²) in [4.78, 5) is 4.73. The van der Waals surface area contributed by atoms with Gasteiger partial charge in [0.05, 0.1) is 11.0 Å². The maximum atomic E-state index is 4.73. The van der Waals surface area contributed by atoms with Gasteiger partial charge < -0.3 is 9.88 Å². The largest absolute Gasteiger partial charge is 0.328 e. The summed E-state index contributed by atoms with van der Waals surface area (Å²) in [7, 11) is 0. The highest BCUT2D eigenvalue weighted by Gasteiger charge is 2.09. The zero-order chi connectivity index (χ0) is 13.1. The third kappa shape index (κ3) is 2.93. The maximum absolute atomic E-state index is 4.73. The monoisotopic (exact) mass is 309 g/mol. The SMILES string of the molecule is CCn1c(CCNC(C)C)nc2cc(Br)ccc21. The minimum Gasteiger partial charge on any atom is -0.328 e. The van der Waals surface area contributed by atoms with E-state index in [0.29, 0.717) is 6.04 Å². The Morgan fingerprint density at radius 1 is 1.39 bits per heavy atom. The van der Waals surface area contributed by atoms with Crippen molar-refractivity contribution in [1.29, 1.82) is 0 Å². The van der Waals surface area contributed by atoms with Crippen LogP contribution < -0.4 is 5.32 Å². The molecule has 0 spiro atoms. The van der Waals surface area contributed by atoms with Gasteiger partial charge in [0.25, 0.3) is 0 Å². The number of hydrogen-bond acceptors (Lipinski definition) is 2. The van der Waals surface area contributed by atoms with E-state index in [2.05, 4.69) is 64.8 Å². The first kappa shape index (κ1) is 13.6. The summed E-state index contributed by atoms with van der Waals surface area (Å²) < 4.78 is 3.38. The molecule has 0 saturated carbocycles. The average Bonchev–Trinajstić information content (AvgIpc) is 2.65. The molecular formula is C14H20BrN3. The smallest absolute Gasteiger partial charge is 0.111 e. The molecule has 0 atom stereocenters. The molecule has 98 valence electrons. The van der Waals surface area contributed by atoms with E-state index in [0.717, 1.165) is 29.5 Å². The number of aromatic nitrogens is 2. The number of nitrogens with one attached hydrogen (secondary N) is 1. The van der Waals surface area contributed by atoms with Gasteiger partial charge in [-0.05, 0) is 25.1 Å². The van der Waals surface area contributed by atoms with Crippen molar-refractivity contribution in [3.63, 3.8) is 0 Å². The van der Waals surface area contributed by atoms with E-state index in [9.17, 15) is 0 Å². The first-order chi connectivity index (χ1) is 8.61. The van der Waals surface area contributed by atoms with Crippen molar-refractivity contribution in [2.45, 2.75) is 39.8 Å². The van der Waals surface area contributed by atoms with Gasteiger partial charge in [-0.25, -0.2) is 4.98 Å². The number of benzene rings is 1. The second-order valence-electron chi connectivity index (χ2n) is 4.76. The zero-order valence-corrected chi connectivity index (χ0v) is 12.8. The van der Waals surface area contributed by atoms with Gasteiger partial charge in [0.2, 0.25) is 0 Å². The molecule has 0 amide bonds. The van der Waals surface area contributed by atoms with E-state index >= 15 is 0 Å². The molecule has 2 rings (SSSR count). The van der Waals surface area contributed by atoms with Gasteiger partial charge in [-0.15, -0.1) is 0 Å². The molecule has 3 nitrogen and oxygen atoms in total. The lowest BCUT2D eigenvalue weighted by Gasteiger charge is -2.09. The van der Waals surface area contributed by atoms with Crippen LogP contribution in [0.15, 0.2) is 22.7 Å². The van der Waals surface area contributed by atoms with Crippen LogP contribution in [-0.2, 0) is 13.0 Å². The molecule has 2 aromatic rings. The fraction of sp³-hybridized carbons (Fsp3) is 0.500. The average molecular weight is 310 g/mol. The van der Waals surface area contributed by atoms with Gasteiger partial charge in [0, 0.05) is 30.0 Å². The first-order valence-electron chi connectivity index (χ1n) is 6.50. The van der Waals surface area contributed by atoms with E-state index in [1.807, 2.05) is 0 Å². The van der Waals surface area contributed by atoms with E-state index in [1.54, 1.807) is 0 Å². The topological polar surface area (TPSA) is 29.9 Å². The van der Waals surface area contributed by atoms with Gasteiger partial charge >= 0.3 is 0 Å². The zero-order valence-electron chi connectivity index (χ0n) is 11.2. The molecule has 0 fully saturated rings. The molecule has 4 heteroatoms.